The van der Waals surface area contributed by atoms with Crippen LogP contribution < -0.4 is 21.9 Å². The predicted octanol–water partition coefficient (Wildman–Crippen LogP) is 1.41. The number of anilines is 3. The fourth-order valence-electron chi connectivity index (χ4n) is 2.43. The van der Waals surface area contributed by atoms with Gasteiger partial charge in [-0.05, 0) is 25.0 Å². The Morgan fingerprint density at radius 3 is 2.79 bits per heavy atom. The maximum atomic E-state index is 12.0. The molecule has 0 saturated carbocycles. The lowest BCUT2D eigenvalue weighted by molar-refractivity contribution is 0.0962. The van der Waals surface area contributed by atoms with Crippen molar-refractivity contribution in [3.8, 4) is 0 Å². The molecule has 126 valence electrons. The lowest BCUT2D eigenvalue weighted by atomic mass is 10.2. The number of ether oxygens (including phenoxy) is 1. The van der Waals surface area contributed by atoms with Crippen LogP contribution in [-0.4, -0.2) is 35.1 Å². The fourth-order valence-corrected chi connectivity index (χ4v) is 2.43. The van der Waals surface area contributed by atoms with Gasteiger partial charge in [-0.25, -0.2) is 9.97 Å². The quantitative estimate of drug-likeness (QED) is 0.593. The first kappa shape index (κ1) is 16.0. The Morgan fingerprint density at radius 2 is 2.04 bits per heavy atom. The molecule has 2 aromatic rings. The van der Waals surface area contributed by atoms with Gasteiger partial charge < -0.3 is 15.8 Å². The number of hydrogen-bond donors (Lipinski definition) is 4. The molecule has 24 heavy (non-hydrogen) atoms. The van der Waals surface area contributed by atoms with Gasteiger partial charge in [0.15, 0.2) is 11.6 Å². The Bertz CT molecular complexity index is 688. The van der Waals surface area contributed by atoms with Crippen LogP contribution in [0.15, 0.2) is 36.7 Å². The molecule has 1 fully saturated rings. The summed E-state index contributed by atoms with van der Waals surface area (Å²) < 4.78 is 5.55. The van der Waals surface area contributed by atoms with Gasteiger partial charge in [0.1, 0.15) is 12.0 Å². The lowest BCUT2D eigenvalue weighted by Crippen LogP contribution is -2.30. The number of nitrogen functional groups attached to an aromatic ring is 1. The summed E-state index contributed by atoms with van der Waals surface area (Å²) in [6.45, 7) is 1.43. The standard InChI is InChI=1S/C16H20N6O2/c17-13-14(18-9-12-7-4-8-24-12)19-10-20-15(13)21-22-16(23)11-5-2-1-3-6-11/h1-3,5-6,10,12H,4,7-9,17H2,(H,22,23)(H2,18,19,20,21). The highest BCUT2D eigenvalue weighted by atomic mass is 16.5. The van der Waals surface area contributed by atoms with Gasteiger partial charge in [0, 0.05) is 18.7 Å². The van der Waals surface area contributed by atoms with E-state index in [0.29, 0.717) is 29.4 Å². The van der Waals surface area contributed by atoms with Crippen LogP contribution in [0.1, 0.15) is 23.2 Å². The van der Waals surface area contributed by atoms with Crippen molar-refractivity contribution in [3.05, 3.63) is 42.2 Å². The molecule has 1 aromatic heterocycles. The summed E-state index contributed by atoms with van der Waals surface area (Å²) in [6.07, 6.45) is 3.65. The molecule has 8 nitrogen and oxygen atoms in total. The minimum absolute atomic E-state index is 0.175. The normalized spacial score (nSPS) is 16.6. The largest absolute Gasteiger partial charge is 0.393 e. The number of carbonyl (C=O) groups excluding carboxylic acids is 1. The van der Waals surface area contributed by atoms with Crippen LogP contribution in [0.4, 0.5) is 17.3 Å². The van der Waals surface area contributed by atoms with Crippen LogP contribution in [-0.2, 0) is 4.74 Å². The number of aromatic nitrogens is 2. The van der Waals surface area contributed by atoms with E-state index in [1.807, 2.05) is 6.07 Å². The van der Waals surface area contributed by atoms with Crippen LogP contribution in [0.3, 0.4) is 0 Å². The van der Waals surface area contributed by atoms with Crippen molar-refractivity contribution in [3.63, 3.8) is 0 Å². The number of benzene rings is 1. The van der Waals surface area contributed by atoms with Crippen LogP contribution in [0, 0.1) is 0 Å². The Labute approximate surface area is 139 Å². The van der Waals surface area contributed by atoms with Gasteiger partial charge in [0.05, 0.1) is 6.10 Å². The number of carbonyl (C=O) groups is 1. The first-order valence-corrected chi connectivity index (χ1v) is 7.81. The van der Waals surface area contributed by atoms with Gasteiger partial charge in [-0.1, -0.05) is 18.2 Å². The van der Waals surface area contributed by atoms with Crippen molar-refractivity contribution in [2.75, 3.05) is 29.6 Å². The van der Waals surface area contributed by atoms with E-state index in [-0.39, 0.29) is 12.0 Å². The number of nitrogens with two attached hydrogens (primary N) is 1. The van der Waals surface area contributed by atoms with Gasteiger partial charge in [-0.15, -0.1) is 0 Å². The van der Waals surface area contributed by atoms with Gasteiger partial charge in [0.2, 0.25) is 0 Å². The summed E-state index contributed by atoms with van der Waals surface area (Å²) >= 11 is 0. The second-order valence-corrected chi connectivity index (χ2v) is 5.45. The Hall–Kier alpha value is -2.87. The average Bonchev–Trinajstić information content (AvgIpc) is 3.14. The van der Waals surface area contributed by atoms with E-state index in [4.69, 9.17) is 10.5 Å². The van der Waals surface area contributed by atoms with E-state index < -0.39 is 0 Å². The van der Waals surface area contributed by atoms with Crippen LogP contribution in [0.2, 0.25) is 0 Å². The fraction of sp³-hybridized carbons (Fsp3) is 0.312. The van der Waals surface area contributed by atoms with E-state index in [1.165, 1.54) is 6.33 Å². The first-order valence-electron chi connectivity index (χ1n) is 7.81. The highest BCUT2D eigenvalue weighted by Gasteiger charge is 2.16. The van der Waals surface area contributed by atoms with Crippen molar-refractivity contribution in [2.24, 2.45) is 0 Å². The molecule has 1 aliphatic rings. The zero-order chi connectivity index (χ0) is 16.8. The molecular formula is C16H20N6O2. The number of amides is 1. The van der Waals surface area contributed by atoms with Crippen LogP contribution >= 0.6 is 0 Å². The second kappa shape index (κ2) is 7.60. The Morgan fingerprint density at radius 1 is 1.25 bits per heavy atom. The summed E-state index contributed by atoms with van der Waals surface area (Å²) in [6, 6.07) is 8.87. The molecule has 1 saturated heterocycles. The molecule has 1 atom stereocenters. The topological polar surface area (TPSA) is 114 Å². The number of rotatable bonds is 6. The van der Waals surface area contributed by atoms with Crippen LogP contribution in [0.5, 0.6) is 0 Å². The summed E-state index contributed by atoms with van der Waals surface area (Å²) in [5, 5.41) is 3.16. The molecule has 0 aliphatic carbocycles. The predicted molar refractivity (Wildman–Crippen MR) is 91.4 cm³/mol. The zero-order valence-electron chi connectivity index (χ0n) is 13.2. The number of hydrazine groups is 1. The molecule has 8 heteroatoms. The van der Waals surface area contributed by atoms with Gasteiger partial charge in [-0.2, -0.15) is 0 Å². The molecule has 0 radical (unpaired) electrons. The van der Waals surface area contributed by atoms with E-state index in [1.54, 1.807) is 24.3 Å². The van der Waals surface area contributed by atoms with Crippen molar-refractivity contribution in [1.29, 1.82) is 0 Å². The van der Waals surface area contributed by atoms with Gasteiger partial charge in [0.25, 0.3) is 5.91 Å². The number of hydrogen-bond acceptors (Lipinski definition) is 7. The molecule has 1 amide bonds. The summed E-state index contributed by atoms with van der Waals surface area (Å²) in [5.41, 5.74) is 12.2. The van der Waals surface area contributed by atoms with E-state index >= 15 is 0 Å². The Balaban J connectivity index is 1.59. The second-order valence-electron chi connectivity index (χ2n) is 5.45. The lowest BCUT2D eigenvalue weighted by Gasteiger charge is -2.15. The molecule has 1 aromatic carbocycles. The summed E-state index contributed by atoms with van der Waals surface area (Å²) in [4.78, 5) is 20.2. The highest BCUT2D eigenvalue weighted by molar-refractivity contribution is 5.95. The highest BCUT2D eigenvalue weighted by Crippen LogP contribution is 2.22. The maximum absolute atomic E-state index is 12.0. The molecule has 1 aliphatic heterocycles. The first-order chi connectivity index (χ1) is 11.7. The summed E-state index contributed by atoms with van der Waals surface area (Å²) in [5.74, 6) is 0.573. The minimum atomic E-state index is -0.275. The van der Waals surface area contributed by atoms with Crippen molar-refractivity contribution >= 4 is 23.2 Å². The third-order valence-corrected chi connectivity index (χ3v) is 3.74. The number of nitrogens with one attached hydrogen (secondary N) is 3. The van der Waals surface area contributed by atoms with Crippen molar-refractivity contribution in [2.45, 2.75) is 18.9 Å². The van der Waals surface area contributed by atoms with E-state index in [9.17, 15) is 4.79 Å². The molecule has 5 N–H and O–H groups in total. The SMILES string of the molecule is Nc1c(NCC2CCCO2)ncnc1NNC(=O)c1ccccc1. The molecular weight excluding hydrogens is 308 g/mol. The zero-order valence-corrected chi connectivity index (χ0v) is 13.2. The molecule has 3 rings (SSSR count). The third-order valence-electron chi connectivity index (χ3n) is 3.74. The third kappa shape index (κ3) is 3.90. The Kier molecular flexibility index (Phi) is 5.07. The van der Waals surface area contributed by atoms with Crippen molar-refractivity contribution in [1.82, 2.24) is 15.4 Å². The monoisotopic (exact) mass is 328 g/mol. The molecule has 0 bridgehead atoms. The smallest absolute Gasteiger partial charge is 0.269 e. The van der Waals surface area contributed by atoms with Crippen LogP contribution in [0.25, 0.3) is 0 Å². The average molecular weight is 328 g/mol. The van der Waals surface area contributed by atoms with Crippen molar-refractivity contribution < 1.29 is 9.53 Å². The maximum Gasteiger partial charge on any atom is 0.269 e. The van der Waals surface area contributed by atoms with Gasteiger partial charge >= 0.3 is 0 Å². The summed E-state index contributed by atoms with van der Waals surface area (Å²) in [7, 11) is 0. The molecule has 2 heterocycles. The van der Waals surface area contributed by atoms with Gasteiger partial charge in [-0.3, -0.25) is 15.6 Å². The minimum Gasteiger partial charge on any atom is -0.393 e. The molecule has 1 unspecified atom stereocenters. The molecule has 0 spiro atoms. The number of nitrogens with zero attached hydrogens (tertiary/aromatic N) is 2. The van der Waals surface area contributed by atoms with E-state index in [0.717, 1.165) is 19.4 Å². The van der Waals surface area contributed by atoms with E-state index in [2.05, 4.69) is 26.1 Å².